The first kappa shape index (κ1) is 18.1. The lowest BCUT2D eigenvalue weighted by atomic mass is 9.63. The van der Waals surface area contributed by atoms with Gasteiger partial charge in [0.1, 0.15) is 5.01 Å². The summed E-state index contributed by atoms with van der Waals surface area (Å²) in [5, 5.41) is 14.5. The number of nitrogens with one attached hydrogen (secondary N) is 2. The molecule has 1 aromatic heterocycles. The van der Waals surface area contributed by atoms with Crippen LogP contribution in [0.25, 0.3) is 0 Å². The number of rotatable bonds is 5. The summed E-state index contributed by atoms with van der Waals surface area (Å²) >= 11 is 1.33. The third-order valence-corrected chi connectivity index (χ3v) is 6.77. The minimum atomic E-state index is -0.417. The van der Waals surface area contributed by atoms with Gasteiger partial charge in [0, 0.05) is 19.0 Å². The second kappa shape index (κ2) is 7.03. The minimum absolute atomic E-state index is 0.0862. The van der Waals surface area contributed by atoms with E-state index in [0.717, 1.165) is 17.8 Å². The van der Waals surface area contributed by atoms with Crippen LogP contribution < -0.4 is 10.6 Å². The quantitative estimate of drug-likeness (QED) is 0.592. The molecule has 4 amide bonds. The Labute approximate surface area is 161 Å². The van der Waals surface area contributed by atoms with Crippen molar-refractivity contribution in [3.8, 4) is 0 Å². The number of hydrogen-bond acceptors (Lipinski definition) is 6. The predicted octanol–water partition coefficient (Wildman–Crippen LogP) is 1.98. The monoisotopic (exact) mass is 389 g/mol. The second-order valence-corrected chi connectivity index (χ2v) is 8.66. The van der Waals surface area contributed by atoms with Crippen molar-refractivity contribution in [2.45, 2.75) is 32.6 Å². The van der Waals surface area contributed by atoms with E-state index >= 15 is 0 Å². The van der Waals surface area contributed by atoms with Crippen molar-refractivity contribution in [3.05, 3.63) is 17.2 Å². The number of amides is 4. The molecule has 2 N–H and O–H groups in total. The van der Waals surface area contributed by atoms with E-state index in [1.54, 1.807) is 0 Å². The van der Waals surface area contributed by atoms with Crippen molar-refractivity contribution in [2.24, 2.45) is 23.7 Å². The fourth-order valence-corrected chi connectivity index (χ4v) is 5.04. The Morgan fingerprint density at radius 2 is 1.81 bits per heavy atom. The van der Waals surface area contributed by atoms with Crippen LogP contribution >= 0.6 is 11.3 Å². The van der Waals surface area contributed by atoms with Crippen molar-refractivity contribution in [3.63, 3.8) is 0 Å². The molecule has 3 aliphatic carbocycles. The average Bonchev–Trinajstić information content (AvgIpc) is 3.22. The molecule has 0 radical (unpaired) electrons. The van der Waals surface area contributed by atoms with Gasteiger partial charge in [-0.2, -0.15) is 0 Å². The van der Waals surface area contributed by atoms with Crippen LogP contribution in [0.3, 0.4) is 0 Å². The zero-order chi connectivity index (χ0) is 19.1. The second-order valence-electron chi connectivity index (χ2n) is 7.65. The fraction of sp³-hybridized carbons (Fsp3) is 0.611. The Hall–Kier alpha value is -2.29. The number of likely N-dealkylation sites (tertiary alicyclic amines) is 1. The van der Waals surface area contributed by atoms with E-state index < -0.39 is 6.03 Å². The van der Waals surface area contributed by atoms with Gasteiger partial charge in [0.15, 0.2) is 0 Å². The van der Waals surface area contributed by atoms with Gasteiger partial charge in [0.05, 0.1) is 11.8 Å². The van der Waals surface area contributed by atoms with Crippen LogP contribution in [0.5, 0.6) is 0 Å². The van der Waals surface area contributed by atoms with E-state index in [0.29, 0.717) is 5.13 Å². The molecule has 4 atom stereocenters. The molecule has 0 spiro atoms. The first-order valence-electron chi connectivity index (χ1n) is 9.37. The van der Waals surface area contributed by atoms with E-state index in [2.05, 4.69) is 33.0 Å². The van der Waals surface area contributed by atoms with Crippen LogP contribution in [0.15, 0.2) is 12.2 Å². The zero-order valence-electron chi connectivity index (χ0n) is 15.3. The molecular formula is C18H23N5O3S. The van der Waals surface area contributed by atoms with Gasteiger partial charge in [0.25, 0.3) is 0 Å². The molecule has 5 rings (SSSR count). The van der Waals surface area contributed by atoms with E-state index in [1.165, 1.54) is 16.2 Å². The highest BCUT2D eigenvalue weighted by atomic mass is 32.1. The number of hydrogen-bond donors (Lipinski definition) is 2. The van der Waals surface area contributed by atoms with Gasteiger partial charge in [0.2, 0.25) is 16.9 Å². The highest BCUT2D eigenvalue weighted by molar-refractivity contribution is 7.15. The van der Waals surface area contributed by atoms with Crippen LogP contribution in [-0.4, -0.2) is 46.0 Å². The first-order valence-corrected chi connectivity index (χ1v) is 10.2. The first-order chi connectivity index (χ1) is 13.0. The molecule has 0 unspecified atom stereocenters. The highest BCUT2D eigenvalue weighted by Crippen LogP contribution is 2.49. The fourth-order valence-electron chi connectivity index (χ4n) is 4.30. The number of nitrogens with zero attached hydrogens (tertiary/aromatic N) is 3. The summed E-state index contributed by atoms with van der Waals surface area (Å²) < 4.78 is 0. The largest absolute Gasteiger partial charge is 0.336 e. The van der Waals surface area contributed by atoms with Gasteiger partial charge in [-0.15, -0.1) is 10.2 Å². The van der Waals surface area contributed by atoms with Gasteiger partial charge in [-0.3, -0.25) is 19.8 Å². The zero-order valence-corrected chi connectivity index (χ0v) is 16.2. The summed E-state index contributed by atoms with van der Waals surface area (Å²) in [5.74, 6) is 0.0444. The Bertz CT molecular complexity index is 773. The van der Waals surface area contributed by atoms with E-state index in [1.807, 2.05) is 13.8 Å². The molecule has 1 saturated heterocycles. The van der Waals surface area contributed by atoms with Crippen molar-refractivity contribution in [2.75, 3.05) is 18.4 Å². The summed E-state index contributed by atoms with van der Waals surface area (Å²) in [6.07, 6.45) is 6.17. The number of aromatic nitrogens is 2. The number of fused-ring (bicyclic) bond motifs is 1. The summed E-state index contributed by atoms with van der Waals surface area (Å²) in [6.45, 7) is 4.42. The molecule has 1 aromatic rings. The average molecular weight is 389 g/mol. The molecule has 2 heterocycles. The standard InChI is InChI=1S/C18H23N5O3S/c1-9(2)14-21-22-18(27-14)20-17(26)19-7-8-23-15(24)12-10-3-4-11(6-5-10)13(12)16(23)25/h3-4,9-13H,5-8H2,1-2H3,(H2,19,20,22,26)/t10-,11-,12+,13+/m0/s1. The third-order valence-electron chi connectivity index (χ3n) is 5.63. The van der Waals surface area contributed by atoms with Gasteiger partial charge < -0.3 is 5.32 Å². The van der Waals surface area contributed by atoms with Crippen LogP contribution in [0.4, 0.5) is 9.93 Å². The molecule has 9 heteroatoms. The summed E-state index contributed by atoms with van der Waals surface area (Å²) in [5.41, 5.74) is 0. The minimum Gasteiger partial charge on any atom is -0.336 e. The number of anilines is 1. The van der Waals surface area contributed by atoms with Gasteiger partial charge in [-0.1, -0.05) is 37.3 Å². The SMILES string of the molecule is CC(C)c1nnc(NC(=O)NCCN2C(=O)[C@H]3[C@H](C2=O)[C@H]2C=C[C@H]3CC2)s1. The maximum absolute atomic E-state index is 12.7. The Morgan fingerprint density at radius 1 is 1.19 bits per heavy atom. The van der Waals surface area contributed by atoms with Crippen molar-refractivity contribution >= 4 is 34.3 Å². The predicted molar refractivity (Wildman–Crippen MR) is 100 cm³/mol. The topological polar surface area (TPSA) is 104 Å². The molecule has 144 valence electrons. The highest BCUT2D eigenvalue weighted by Gasteiger charge is 2.56. The molecule has 2 fully saturated rings. The lowest BCUT2D eigenvalue weighted by Gasteiger charge is -2.38. The molecular weight excluding hydrogens is 366 g/mol. The number of carbonyl (C=O) groups is 3. The summed E-state index contributed by atoms with van der Waals surface area (Å²) in [7, 11) is 0. The number of urea groups is 1. The number of allylic oxidation sites excluding steroid dienone is 2. The molecule has 0 aromatic carbocycles. The van der Waals surface area contributed by atoms with Crippen LogP contribution in [0.2, 0.25) is 0 Å². The number of imide groups is 1. The normalized spacial score (nSPS) is 28.8. The lowest BCUT2D eigenvalue weighted by molar-refractivity contribution is -0.140. The maximum Gasteiger partial charge on any atom is 0.321 e. The van der Waals surface area contributed by atoms with Gasteiger partial charge in [-0.05, 0) is 24.7 Å². The molecule has 4 aliphatic rings. The number of carbonyl (C=O) groups excluding carboxylic acids is 3. The Kier molecular flexibility index (Phi) is 4.71. The van der Waals surface area contributed by atoms with Crippen molar-refractivity contribution in [1.82, 2.24) is 20.4 Å². The van der Waals surface area contributed by atoms with Crippen LogP contribution in [0, 0.1) is 23.7 Å². The van der Waals surface area contributed by atoms with Crippen LogP contribution in [0.1, 0.15) is 37.6 Å². The smallest absolute Gasteiger partial charge is 0.321 e. The van der Waals surface area contributed by atoms with Gasteiger partial charge in [-0.25, -0.2) is 4.79 Å². The molecule has 27 heavy (non-hydrogen) atoms. The van der Waals surface area contributed by atoms with Gasteiger partial charge >= 0.3 is 6.03 Å². The van der Waals surface area contributed by atoms with E-state index in [9.17, 15) is 14.4 Å². The maximum atomic E-state index is 12.7. The summed E-state index contributed by atoms with van der Waals surface area (Å²) in [4.78, 5) is 38.7. The summed E-state index contributed by atoms with van der Waals surface area (Å²) in [6, 6.07) is -0.417. The lowest BCUT2D eigenvalue weighted by Crippen LogP contribution is -2.40. The molecule has 8 nitrogen and oxygen atoms in total. The van der Waals surface area contributed by atoms with E-state index in [-0.39, 0.29) is 54.5 Å². The molecule has 1 aliphatic heterocycles. The van der Waals surface area contributed by atoms with Crippen molar-refractivity contribution < 1.29 is 14.4 Å². The molecule has 2 bridgehead atoms. The van der Waals surface area contributed by atoms with Crippen LogP contribution in [-0.2, 0) is 9.59 Å². The third kappa shape index (κ3) is 3.24. The Balaban J connectivity index is 1.29. The van der Waals surface area contributed by atoms with Crippen molar-refractivity contribution in [1.29, 1.82) is 0 Å². The Morgan fingerprint density at radius 3 is 2.33 bits per heavy atom. The van der Waals surface area contributed by atoms with E-state index in [4.69, 9.17) is 0 Å². The molecule has 1 saturated carbocycles.